The number of rotatable bonds is 2. The van der Waals surface area contributed by atoms with Gasteiger partial charge in [-0.3, -0.25) is 0 Å². The lowest BCUT2D eigenvalue weighted by Crippen LogP contribution is -2.03. The van der Waals surface area contributed by atoms with Gasteiger partial charge < -0.3 is 4.74 Å². The average Bonchev–Trinajstić information content (AvgIpc) is 1.99. The summed E-state index contributed by atoms with van der Waals surface area (Å²) in [6, 6.07) is 2.74. The normalized spacial score (nSPS) is 10.6. The molecule has 1 rings (SSSR count). The second kappa shape index (κ2) is 4.11. The maximum atomic E-state index is 11.8. The highest BCUT2D eigenvalue weighted by Crippen LogP contribution is 2.30. The summed E-state index contributed by atoms with van der Waals surface area (Å²) in [5.41, 5.74) is 0.523. The van der Waals surface area contributed by atoms with E-state index >= 15 is 0 Å². The Morgan fingerprint density at radius 3 is 2.31 bits per heavy atom. The van der Waals surface area contributed by atoms with Gasteiger partial charge in [-0.25, -0.2) is 0 Å². The van der Waals surface area contributed by atoms with Crippen molar-refractivity contribution in [3.63, 3.8) is 0 Å². The summed E-state index contributed by atoms with van der Waals surface area (Å²) in [5, 5.41) is 0.517. The van der Waals surface area contributed by atoms with E-state index in [0.29, 0.717) is 10.6 Å². The molecule has 1 aromatic carbocycles. The summed E-state index contributed by atoms with van der Waals surface area (Å²) in [6.45, 7) is -1.24. The summed E-state index contributed by atoms with van der Waals surface area (Å²) in [4.78, 5) is 0. The Morgan fingerprint density at radius 1 is 1.23 bits per heavy atom. The number of benzene rings is 1. The van der Waals surface area contributed by atoms with Gasteiger partial charge in [-0.1, -0.05) is 23.2 Å². The molecule has 5 heteroatoms. The first-order valence-electron chi connectivity index (χ1n) is 3.41. The molecule has 72 valence electrons. The highest BCUT2D eigenvalue weighted by Gasteiger charge is 2.09. The van der Waals surface area contributed by atoms with Gasteiger partial charge in [0.2, 0.25) is 0 Å². The lowest BCUT2D eigenvalue weighted by molar-refractivity contribution is -0.0502. The third-order valence-electron chi connectivity index (χ3n) is 1.43. The van der Waals surface area contributed by atoms with Crippen molar-refractivity contribution < 1.29 is 13.5 Å². The molecule has 13 heavy (non-hydrogen) atoms. The molecule has 0 fully saturated rings. The van der Waals surface area contributed by atoms with Gasteiger partial charge in [0.15, 0.2) is 0 Å². The number of aryl methyl sites for hydroxylation is 1. The van der Waals surface area contributed by atoms with Gasteiger partial charge in [0, 0.05) is 6.07 Å². The molecule has 1 aromatic rings. The van der Waals surface area contributed by atoms with Gasteiger partial charge in [-0.05, 0) is 18.6 Å². The number of hydrogen-bond acceptors (Lipinski definition) is 1. The van der Waals surface area contributed by atoms with E-state index in [0.717, 1.165) is 0 Å². The maximum Gasteiger partial charge on any atom is 0.387 e. The molecule has 0 unspecified atom stereocenters. The summed E-state index contributed by atoms with van der Waals surface area (Å²) < 4.78 is 27.9. The van der Waals surface area contributed by atoms with E-state index in [1.165, 1.54) is 12.1 Å². The van der Waals surface area contributed by atoms with Gasteiger partial charge in [0.25, 0.3) is 0 Å². The molecule has 0 bridgehead atoms. The van der Waals surface area contributed by atoms with Crippen LogP contribution in [-0.4, -0.2) is 6.61 Å². The van der Waals surface area contributed by atoms with Crippen LogP contribution in [0.2, 0.25) is 10.0 Å². The minimum absolute atomic E-state index is 0.0457. The Hall–Kier alpha value is -0.540. The van der Waals surface area contributed by atoms with Gasteiger partial charge in [-0.15, -0.1) is 0 Å². The largest absolute Gasteiger partial charge is 0.435 e. The summed E-state index contributed by atoms with van der Waals surface area (Å²) in [5.74, 6) is 0.0457. The zero-order chi connectivity index (χ0) is 10.0. The van der Waals surface area contributed by atoms with Crippen molar-refractivity contribution in [2.75, 3.05) is 0 Å². The molecule has 0 aliphatic rings. The minimum atomic E-state index is -2.85. The van der Waals surface area contributed by atoms with Crippen LogP contribution in [0.4, 0.5) is 8.78 Å². The van der Waals surface area contributed by atoms with E-state index in [-0.39, 0.29) is 10.8 Å². The fourth-order valence-electron chi connectivity index (χ4n) is 0.851. The first-order valence-corrected chi connectivity index (χ1v) is 4.16. The van der Waals surface area contributed by atoms with Gasteiger partial charge in [-0.2, -0.15) is 8.78 Å². The highest BCUT2D eigenvalue weighted by molar-refractivity contribution is 6.42. The maximum absolute atomic E-state index is 11.8. The lowest BCUT2D eigenvalue weighted by atomic mass is 10.2. The molecule has 0 saturated heterocycles. The van der Waals surface area contributed by atoms with Crippen LogP contribution in [0.3, 0.4) is 0 Å². The first kappa shape index (κ1) is 10.5. The predicted octanol–water partition coefficient (Wildman–Crippen LogP) is 3.90. The molecule has 0 radical (unpaired) electrons. The summed E-state index contributed by atoms with van der Waals surface area (Å²) in [7, 11) is 0. The Bertz CT molecular complexity index is 315. The Labute approximate surface area is 84.2 Å². The van der Waals surface area contributed by atoms with Crippen molar-refractivity contribution in [1.29, 1.82) is 0 Å². The first-order chi connectivity index (χ1) is 6.00. The van der Waals surface area contributed by atoms with Crippen molar-refractivity contribution in [3.8, 4) is 5.75 Å². The zero-order valence-electron chi connectivity index (χ0n) is 6.65. The monoisotopic (exact) mass is 226 g/mol. The minimum Gasteiger partial charge on any atom is -0.435 e. The van der Waals surface area contributed by atoms with E-state index in [1.54, 1.807) is 6.92 Å². The molecule has 0 atom stereocenters. The number of halogens is 4. The number of alkyl halides is 2. The van der Waals surface area contributed by atoms with E-state index < -0.39 is 6.61 Å². The molecule has 0 aromatic heterocycles. The fraction of sp³-hybridized carbons (Fsp3) is 0.250. The van der Waals surface area contributed by atoms with E-state index in [9.17, 15) is 8.78 Å². The molecule has 0 aliphatic heterocycles. The van der Waals surface area contributed by atoms with Gasteiger partial charge in [0.05, 0.1) is 10.0 Å². The van der Waals surface area contributed by atoms with Crippen LogP contribution < -0.4 is 4.74 Å². The van der Waals surface area contributed by atoms with Crippen LogP contribution in [0, 0.1) is 6.92 Å². The van der Waals surface area contributed by atoms with Crippen molar-refractivity contribution in [1.82, 2.24) is 0 Å². The van der Waals surface area contributed by atoms with Crippen LogP contribution >= 0.6 is 23.2 Å². The molecule has 1 nitrogen and oxygen atoms in total. The second-order valence-electron chi connectivity index (χ2n) is 2.41. The average molecular weight is 227 g/mol. The van der Waals surface area contributed by atoms with Crippen LogP contribution in [0.15, 0.2) is 12.1 Å². The SMILES string of the molecule is Cc1cc(Cl)c(Cl)cc1OC(F)F. The predicted molar refractivity (Wildman–Crippen MR) is 47.8 cm³/mol. The van der Waals surface area contributed by atoms with Crippen molar-refractivity contribution >= 4 is 23.2 Å². The lowest BCUT2D eigenvalue weighted by Gasteiger charge is -2.08. The number of hydrogen-bond donors (Lipinski definition) is 0. The summed E-state index contributed by atoms with van der Waals surface area (Å²) >= 11 is 11.3. The van der Waals surface area contributed by atoms with Crippen molar-refractivity contribution in [2.45, 2.75) is 13.5 Å². The molecular weight excluding hydrogens is 221 g/mol. The Kier molecular flexibility index (Phi) is 3.33. The summed E-state index contributed by atoms with van der Waals surface area (Å²) in [6.07, 6.45) is 0. The number of ether oxygens (including phenoxy) is 1. The quantitative estimate of drug-likeness (QED) is 0.744. The molecular formula is C8H6Cl2F2O. The molecule has 0 spiro atoms. The van der Waals surface area contributed by atoms with E-state index in [4.69, 9.17) is 23.2 Å². The van der Waals surface area contributed by atoms with Gasteiger partial charge in [0.1, 0.15) is 5.75 Å². The van der Waals surface area contributed by atoms with E-state index in [1.807, 2.05) is 0 Å². The molecule has 0 amide bonds. The fourth-order valence-corrected chi connectivity index (χ4v) is 1.22. The third kappa shape index (κ3) is 2.71. The van der Waals surface area contributed by atoms with Gasteiger partial charge >= 0.3 is 6.61 Å². The second-order valence-corrected chi connectivity index (χ2v) is 3.22. The van der Waals surface area contributed by atoms with Crippen molar-refractivity contribution in [3.05, 3.63) is 27.7 Å². The smallest absolute Gasteiger partial charge is 0.387 e. The molecule has 0 aliphatic carbocycles. The molecule has 0 N–H and O–H groups in total. The Morgan fingerprint density at radius 2 is 1.77 bits per heavy atom. The van der Waals surface area contributed by atoms with Crippen LogP contribution in [0.25, 0.3) is 0 Å². The van der Waals surface area contributed by atoms with Crippen molar-refractivity contribution in [2.24, 2.45) is 0 Å². The topological polar surface area (TPSA) is 9.23 Å². The van der Waals surface area contributed by atoms with Crippen LogP contribution in [0.1, 0.15) is 5.56 Å². The standard InChI is InChI=1S/C8H6Cl2F2O/c1-4-2-5(9)6(10)3-7(4)13-8(11)12/h2-3,8H,1H3. The highest BCUT2D eigenvalue weighted by atomic mass is 35.5. The Balaban J connectivity index is 3.01. The van der Waals surface area contributed by atoms with Crippen LogP contribution in [-0.2, 0) is 0 Å². The molecule has 0 saturated carbocycles. The zero-order valence-corrected chi connectivity index (χ0v) is 8.16. The van der Waals surface area contributed by atoms with E-state index in [2.05, 4.69) is 4.74 Å². The molecule has 0 heterocycles. The van der Waals surface area contributed by atoms with Crippen LogP contribution in [0.5, 0.6) is 5.75 Å². The third-order valence-corrected chi connectivity index (χ3v) is 2.16.